The number of piperidine rings is 1. The van der Waals surface area contributed by atoms with E-state index in [9.17, 15) is 33.6 Å². The van der Waals surface area contributed by atoms with Crippen molar-refractivity contribution < 1.29 is 33.6 Å². The van der Waals surface area contributed by atoms with Gasteiger partial charge in [-0.25, -0.2) is 4.79 Å². The second-order valence-corrected chi connectivity index (χ2v) is 16.8. The van der Waals surface area contributed by atoms with Gasteiger partial charge in [0.25, 0.3) is 0 Å². The van der Waals surface area contributed by atoms with E-state index < -0.39 is 71.3 Å². The summed E-state index contributed by atoms with van der Waals surface area (Å²) in [5, 5.41) is 11.4. The number of nitrogens with zero attached hydrogens (tertiary/aromatic N) is 3. The highest BCUT2D eigenvalue weighted by molar-refractivity contribution is 6.12. The molecule has 57 heavy (non-hydrogen) atoms. The number of anilines is 1. The molecule has 0 radical (unpaired) electrons. The summed E-state index contributed by atoms with van der Waals surface area (Å²) in [5.41, 5.74) is 2.25. The minimum absolute atomic E-state index is 0.0116. The van der Waals surface area contributed by atoms with Crippen molar-refractivity contribution in [3.8, 4) is 0 Å². The van der Waals surface area contributed by atoms with E-state index in [0.717, 1.165) is 29.5 Å². The number of hydrogen-bond donors (Lipinski definition) is 4. The van der Waals surface area contributed by atoms with Gasteiger partial charge in [0.15, 0.2) is 5.78 Å². The molecule has 4 N–H and O–H groups in total. The first-order valence-corrected chi connectivity index (χ1v) is 20.6. The molecule has 4 saturated heterocycles. The van der Waals surface area contributed by atoms with Gasteiger partial charge in [-0.15, -0.1) is 0 Å². The monoisotopic (exact) mass is 781 g/mol. The second kappa shape index (κ2) is 16.3. The Kier molecular flexibility index (Phi) is 11.4. The van der Waals surface area contributed by atoms with Crippen LogP contribution in [0.3, 0.4) is 0 Å². The largest absolute Gasteiger partial charge is 0.343 e. The Morgan fingerprint density at radius 3 is 2.33 bits per heavy atom. The number of carbonyl (C=O) groups is 7. The highest BCUT2D eigenvalue weighted by Gasteiger charge is 2.72. The molecule has 1 aliphatic carbocycles. The van der Waals surface area contributed by atoms with Crippen LogP contribution in [-0.4, -0.2) is 111 Å². The summed E-state index contributed by atoms with van der Waals surface area (Å²) in [6.07, 6.45) is 4.07. The number of nitrogens with one attached hydrogen (secondary N) is 4. The molecule has 4 aliphatic heterocycles. The highest BCUT2D eigenvalue weighted by Crippen LogP contribution is 2.55. The number of urea groups is 1. The SMILES string of the molecule is CCc1ccc(NC(=O)N[C@@H](Cc2cccc(C)c2)C(=O)N[C@H]2C[C@H]3C(=O)[C@]34C[C@H](C)CN4C(=O)[C@H](C)NC(=O)[C@@H]3CCCCN3C(=O)[C@@H]3CCCN3C2=O)cc1. The Hall–Kier alpha value is -5.27. The summed E-state index contributed by atoms with van der Waals surface area (Å²) in [4.78, 5) is 104. The van der Waals surface area contributed by atoms with Gasteiger partial charge in [-0.3, -0.25) is 28.8 Å². The molecular weight excluding hydrogens is 727 g/mol. The number of hydrogen-bond acceptors (Lipinski definition) is 7. The number of aryl methyl sites for hydroxylation is 2. The van der Waals surface area contributed by atoms with Crippen LogP contribution in [0.2, 0.25) is 0 Å². The number of carbonyl (C=O) groups excluding carboxylic acids is 7. The maximum Gasteiger partial charge on any atom is 0.319 e. The van der Waals surface area contributed by atoms with E-state index in [2.05, 4.69) is 21.3 Å². The minimum Gasteiger partial charge on any atom is -0.343 e. The first-order valence-electron chi connectivity index (χ1n) is 20.6. The van der Waals surface area contributed by atoms with E-state index in [1.54, 1.807) is 28.9 Å². The second-order valence-electron chi connectivity index (χ2n) is 16.8. The zero-order chi connectivity index (χ0) is 40.6. The molecule has 1 saturated carbocycles. The lowest BCUT2D eigenvalue weighted by atomic mass is 9.98. The molecule has 0 unspecified atom stereocenters. The van der Waals surface area contributed by atoms with Crippen LogP contribution in [0.1, 0.15) is 82.4 Å². The average molecular weight is 782 g/mol. The Bertz CT molecular complexity index is 1940. The van der Waals surface area contributed by atoms with Crippen LogP contribution >= 0.6 is 0 Å². The molecule has 14 heteroatoms. The number of ketones is 1. The third-order valence-corrected chi connectivity index (χ3v) is 12.6. The Morgan fingerprint density at radius 2 is 1.60 bits per heavy atom. The van der Waals surface area contributed by atoms with Crippen molar-refractivity contribution in [3.63, 3.8) is 0 Å². The maximum atomic E-state index is 14.8. The van der Waals surface area contributed by atoms with Crippen molar-refractivity contribution >= 4 is 47.0 Å². The van der Waals surface area contributed by atoms with Crippen LogP contribution in [0.15, 0.2) is 48.5 Å². The lowest BCUT2D eigenvalue weighted by Gasteiger charge is -2.39. The fourth-order valence-corrected chi connectivity index (χ4v) is 9.65. The third-order valence-electron chi connectivity index (χ3n) is 12.6. The molecular formula is C43H55N7O7. The normalized spacial score (nSPS) is 29.5. The number of rotatable bonds is 7. The molecule has 5 aliphatic rings. The predicted octanol–water partition coefficient (Wildman–Crippen LogP) is 2.86. The number of amides is 7. The van der Waals surface area contributed by atoms with E-state index in [4.69, 9.17) is 0 Å². The van der Waals surface area contributed by atoms with Gasteiger partial charge in [-0.1, -0.05) is 55.8 Å². The summed E-state index contributed by atoms with van der Waals surface area (Å²) in [5.74, 6) is -3.23. The molecule has 2 aromatic carbocycles. The minimum atomic E-state index is -1.24. The van der Waals surface area contributed by atoms with E-state index in [-0.39, 0.29) is 37.0 Å². The van der Waals surface area contributed by atoms with E-state index >= 15 is 0 Å². The molecule has 0 aromatic heterocycles. The quantitative estimate of drug-likeness (QED) is 0.334. The van der Waals surface area contributed by atoms with Crippen LogP contribution < -0.4 is 21.3 Å². The van der Waals surface area contributed by atoms with Crippen LogP contribution in [-0.2, 0) is 41.6 Å². The van der Waals surface area contributed by atoms with E-state index in [1.807, 2.05) is 57.2 Å². The van der Waals surface area contributed by atoms with Gasteiger partial charge in [-0.2, -0.15) is 0 Å². The lowest BCUT2D eigenvalue weighted by molar-refractivity contribution is -0.151. The van der Waals surface area contributed by atoms with Crippen LogP contribution in [0.25, 0.3) is 0 Å². The Labute approximate surface area is 333 Å². The van der Waals surface area contributed by atoms with Gasteiger partial charge in [0.1, 0.15) is 35.7 Å². The van der Waals surface area contributed by atoms with Crippen molar-refractivity contribution in [1.82, 2.24) is 30.7 Å². The third kappa shape index (κ3) is 8.00. The highest BCUT2D eigenvalue weighted by atomic mass is 16.2. The van der Waals surface area contributed by atoms with Crippen molar-refractivity contribution in [1.29, 1.82) is 0 Å². The van der Waals surface area contributed by atoms with Crippen LogP contribution in [0, 0.1) is 18.8 Å². The zero-order valence-electron chi connectivity index (χ0n) is 33.3. The standard InChI is InChI=1S/C43H55N7O7/c1-5-28-14-16-30(17-15-28)45-42(57)47-32(21-29-11-8-10-25(2)20-29)37(52)46-33-22-31-36(51)43(31)23-26(3)24-50(43)39(54)27(4)44-38(53)34-12-6-7-18-48(34)41(56)35-13-9-19-49(35)40(33)55/h8,10-11,14-17,20,26-27,31-35H,5-7,9,12-13,18-19,21-24H2,1-4H3,(H,44,53)(H,46,52)(H2,45,47,57)/t26-,27-,31-,32-,33-,34-,35-,43-/m0/s1. The fraction of sp³-hybridized carbons (Fsp3) is 0.558. The number of benzene rings is 2. The van der Waals surface area contributed by atoms with Crippen LogP contribution in [0.4, 0.5) is 10.5 Å². The predicted molar refractivity (Wildman–Crippen MR) is 212 cm³/mol. The van der Waals surface area contributed by atoms with E-state index in [1.165, 1.54) is 4.90 Å². The molecule has 4 heterocycles. The summed E-state index contributed by atoms with van der Waals surface area (Å²) < 4.78 is 0. The summed E-state index contributed by atoms with van der Waals surface area (Å²) in [6, 6.07) is 9.42. The molecule has 0 bridgehead atoms. The smallest absolute Gasteiger partial charge is 0.319 e. The van der Waals surface area contributed by atoms with Gasteiger partial charge >= 0.3 is 6.03 Å². The van der Waals surface area contributed by atoms with Crippen molar-refractivity contribution in [2.24, 2.45) is 11.8 Å². The Morgan fingerprint density at radius 1 is 0.877 bits per heavy atom. The van der Waals surface area contributed by atoms with E-state index in [0.29, 0.717) is 50.9 Å². The molecule has 5 fully saturated rings. The number of fused-ring (bicyclic) bond motifs is 2. The van der Waals surface area contributed by atoms with Gasteiger partial charge < -0.3 is 36.0 Å². The molecule has 7 amide bonds. The topological polar surface area (TPSA) is 177 Å². The van der Waals surface area contributed by atoms with Crippen molar-refractivity contribution in [2.45, 2.75) is 121 Å². The number of Topliss-reactive ketones (excluding diaryl/α,β-unsaturated/α-hetero) is 1. The summed E-state index contributed by atoms with van der Waals surface area (Å²) >= 11 is 0. The maximum absolute atomic E-state index is 14.8. The molecule has 2 aromatic rings. The summed E-state index contributed by atoms with van der Waals surface area (Å²) in [6.45, 7) is 8.46. The van der Waals surface area contributed by atoms with Crippen LogP contribution in [0.5, 0.6) is 0 Å². The van der Waals surface area contributed by atoms with Crippen molar-refractivity contribution in [2.75, 3.05) is 25.0 Å². The molecule has 14 nitrogen and oxygen atoms in total. The fourth-order valence-electron chi connectivity index (χ4n) is 9.65. The van der Waals surface area contributed by atoms with Crippen molar-refractivity contribution in [3.05, 3.63) is 65.2 Å². The summed E-state index contributed by atoms with van der Waals surface area (Å²) in [7, 11) is 0. The zero-order valence-corrected chi connectivity index (χ0v) is 33.3. The molecule has 8 atom stereocenters. The Balaban J connectivity index is 1.21. The molecule has 1 spiro atoms. The van der Waals surface area contributed by atoms with Gasteiger partial charge in [-0.05, 0) is 94.4 Å². The first-order chi connectivity index (χ1) is 27.3. The molecule has 7 rings (SSSR count). The first kappa shape index (κ1) is 39.9. The van der Waals surface area contributed by atoms with Gasteiger partial charge in [0.05, 0.1) is 5.92 Å². The lowest BCUT2D eigenvalue weighted by Crippen LogP contribution is -2.60. The van der Waals surface area contributed by atoms with Gasteiger partial charge in [0, 0.05) is 31.7 Å². The average Bonchev–Trinajstić information content (AvgIpc) is 3.52. The van der Waals surface area contributed by atoms with Gasteiger partial charge in [0.2, 0.25) is 29.5 Å². The molecule has 304 valence electrons.